The zero-order valence-corrected chi connectivity index (χ0v) is 43.7. The first-order chi connectivity index (χ1) is 39.0. The third kappa shape index (κ3) is 11.2. The number of hydrogen-bond acceptors (Lipinski definition) is 14. The molecule has 0 aliphatic carbocycles. The molecule has 384 valence electrons. The van der Waals surface area contributed by atoms with Gasteiger partial charge in [0.05, 0.1) is 48.1 Å². The van der Waals surface area contributed by atoms with Gasteiger partial charge in [0, 0.05) is 51.8 Å². The van der Waals surface area contributed by atoms with Gasteiger partial charge in [-0.3, -0.25) is 20.4 Å². The molecule has 0 aliphatic rings. The lowest BCUT2D eigenvalue weighted by molar-refractivity contribution is 0.103. The first kappa shape index (κ1) is 49.7. The number of thiazole rings is 2. The summed E-state index contributed by atoms with van der Waals surface area (Å²) >= 11 is 2.72. The summed E-state index contributed by atoms with van der Waals surface area (Å²) in [4.78, 5) is 37.9. The van der Waals surface area contributed by atoms with Gasteiger partial charge in [0.15, 0.2) is 11.6 Å². The monoisotopic (exact) mass is 1070 g/mol. The summed E-state index contributed by atoms with van der Waals surface area (Å²) in [5, 5.41) is 27.6. The maximum atomic E-state index is 14.1. The summed E-state index contributed by atoms with van der Waals surface area (Å²) in [5.74, 6) is 1.04. The molecule has 12 aromatic rings. The van der Waals surface area contributed by atoms with Crippen molar-refractivity contribution in [2.75, 3.05) is 24.1 Å². The molecule has 12 rings (SSSR count). The minimum atomic E-state index is -0.146. The number of carbonyl (C=O) groups excluding carboxylic acids is 2. The number of carbonyl (C=O) groups is 2. The van der Waals surface area contributed by atoms with Crippen LogP contribution in [0.15, 0.2) is 227 Å². The van der Waals surface area contributed by atoms with Gasteiger partial charge < -0.3 is 9.47 Å². The van der Waals surface area contributed by atoms with Crippen LogP contribution in [0.2, 0.25) is 0 Å². The number of ether oxygens (including phenoxy) is 2. The van der Waals surface area contributed by atoms with E-state index in [1.165, 1.54) is 22.7 Å². The second kappa shape index (κ2) is 23.0. The van der Waals surface area contributed by atoms with Gasteiger partial charge in [-0.25, -0.2) is 19.3 Å². The Bertz CT molecular complexity index is 3940. The highest BCUT2D eigenvalue weighted by Gasteiger charge is 2.24. The molecule has 16 heteroatoms. The molecule has 0 saturated heterocycles. The smallest absolute Gasteiger partial charge is 0.203 e. The first-order valence-corrected chi connectivity index (χ1v) is 27.0. The number of nitrogens with one attached hydrogen (secondary N) is 2. The van der Waals surface area contributed by atoms with E-state index in [1.807, 2.05) is 205 Å². The second-order valence-electron chi connectivity index (χ2n) is 18.1. The van der Waals surface area contributed by atoms with Crippen molar-refractivity contribution in [3.63, 3.8) is 0 Å². The number of aromatic nitrogens is 6. The molecule has 4 heterocycles. The molecular weight excluding hydrogens is 1020 g/mol. The van der Waals surface area contributed by atoms with Crippen molar-refractivity contribution in [3.05, 3.63) is 251 Å². The van der Waals surface area contributed by atoms with Crippen molar-refractivity contribution < 1.29 is 19.1 Å². The number of para-hydroxylation sites is 4. The average molecular weight is 1070 g/mol. The van der Waals surface area contributed by atoms with Crippen molar-refractivity contribution in [3.8, 4) is 45.6 Å². The Labute approximate surface area is 461 Å². The molecule has 79 heavy (non-hydrogen) atoms. The van der Waals surface area contributed by atoms with Crippen LogP contribution in [0, 0.1) is 0 Å². The van der Waals surface area contributed by atoms with Gasteiger partial charge in [-0.2, -0.15) is 20.4 Å². The molecule has 8 aromatic carbocycles. The predicted octanol–water partition coefficient (Wildman–Crippen LogP) is 13.8. The Hall–Kier alpha value is -10.2. The fourth-order valence-corrected chi connectivity index (χ4v) is 10.2. The van der Waals surface area contributed by atoms with E-state index in [4.69, 9.17) is 29.6 Å². The number of hydrogen-bond donors (Lipinski definition) is 2. The quantitative estimate of drug-likeness (QED) is 0.0325. The Kier molecular flexibility index (Phi) is 14.5. The molecular formula is C63H46N10O4S2. The minimum Gasteiger partial charge on any atom is -0.493 e. The molecule has 0 fully saturated rings. The third-order valence-electron chi connectivity index (χ3n) is 12.8. The Morgan fingerprint density at radius 2 is 0.886 bits per heavy atom. The molecule has 0 bridgehead atoms. The number of fused-ring (bicyclic) bond motifs is 2. The molecule has 0 atom stereocenters. The molecule has 0 radical (unpaired) electrons. The van der Waals surface area contributed by atoms with E-state index in [-0.39, 0.29) is 11.6 Å². The van der Waals surface area contributed by atoms with Crippen LogP contribution in [-0.4, -0.2) is 66.7 Å². The van der Waals surface area contributed by atoms with Crippen molar-refractivity contribution >= 4 is 78.5 Å². The SMILES string of the molecule is O=C(c1ccc2ccccc2c1)c1cn(-c2ccccc2)nc1-c1csc(NN=Cc2ccccc2OCCCOc2ccccc2C=NNc2nc(-c3nn(-c4ccccc4)cc3C(=O)c3ccc4ccccc4c3)cs2)n1. The van der Waals surface area contributed by atoms with E-state index in [9.17, 15) is 9.59 Å². The first-order valence-electron chi connectivity index (χ1n) is 25.3. The lowest BCUT2D eigenvalue weighted by atomic mass is 10.00. The number of benzene rings is 8. The standard InChI is InChI=1S/C63H46N10O4S2/c74-60(46-30-28-42-16-7-9-18-44(42)34-46)52-38-72(50-22-3-1-4-23-50)70-58(52)54-40-78-62(66-54)68-64-36-48-20-11-13-26-56(48)76-32-15-33-77-57-27-14-12-21-49(57)37-65-69-63-67-55(41-79-63)59-53(39-73(71-59)51-24-5-2-6-25-51)61(75)47-31-29-43-17-8-10-19-45(43)35-47/h1-14,16-31,34-41H,15,32-33H2,(H,66,68)(H,67,69). The normalized spacial score (nSPS) is 11.4. The second-order valence-corrected chi connectivity index (χ2v) is 19.8. The summed E-state index contributed by atoms with van der Waals surface area (Å²) in [6.07, 6.45) is 7.51. The number of nitrogens with zero attached hydrogens (tertiary/aromatic N) is 8. The summed E-state index contributed by atoms with van der Waals surface area (Å²) in [7, 11) is 0. The third-order valence-corrected chi connectivity index (χ3v) is 14.3. The lowest BCUT2D eigenvalue weighted by Crippen LogP contribution is -2.07. The van der Waals surface area contributed by atoms with Gasteiger partial charge in [-0.1, -0.05) is 133 Å². The van der Waals surface area contributed by atoms with Crippen molar-refractivity contribution in [1.82, 2.24) is 29.5 Å². The van der Waals surface area contributed by atoms with Crippen LogP contribution in [0.25, 0.3) is 55.7 Å². The van der Waals surface area contributed by atoms with Gasteiger partial charge in [-0.05, 0) is 82.2 Å². The molecule has 0 saturated carbocycles. The van der Waals surface area contributed by atoms with Crippen LogP contribution in [0.1, 0.15) is 49.4 Å². The van der Waals surface area contributed by atoms with Crippen LogP contribution in [0.5, 0.6) is 11.5 Å². The van der Waals surface area contributed by atoms with Crippen molar-refractivity contribution in [2.45, 2.75) is 6.42 Å². The van der Waals surface area contributed by atoms with Crippen LogP contribution >= 0.6 is 22.7 Å². The van der Waals surface area contributed by atoms with E-state index in [0.29, 0.717) is 86.4 Å². The average Bonchev–Trinajstić information content (AvgIpc) is 4.36. The fourth-order valence-electron chi connectivity index (χ4n) is 8.90. The van der Waals surface area contributed by atoms with Gasteiger partial charge in [-0.15, -0.1) is 22.7 Å². The molecule has 14 nitrogen and oxygen atoms in total. The summed E-state index contributed by atoms with van der Waals surface area (Å²) in [6, 6.07) is 62.1. The molecule has 0 amide bonds. The maximum Gasteiger partial charge on any atom is 0.203 e. The van der Waals surface area contributed by atoms with Gasteiger partial charge in [0.2, 0.25) is 10.3 Å². The van der Waals surface area contributed by atoms with Gasteiger partial charge in [0.1, 0.15) is 34.3 Å². The summed E-state index contributed by atoms with van der Waals surface area (Å²) in [6.45, 7) is 0.792. The number of ketones is 2. The zero-order valence-electron chi connectivity index (χ0n) is 42.1. The van der Waals surface area contributed by atoms with Crippen LogP contribution in [0.3, 0.4) is 0 Å². The Morgan fingerprint density at radius 3 is 1.34 bits per heavy atom. The van der Waals surface area contributed by atoms with E-state index in [2.05, 4.69) is 21.1 Å². The van der Waals surface area contributed by atoms with E-state index < -0.39 is 0 Å². The lowest BCUT2D eigenvalue weighted by Gasteiger charge is -2.11. The van der Waals surface area contributed by atoms with Gasteiger partial charge in [0.25, 0.3) is 0 Å². The maximum absolute atomic E-state index is 14.1. The summed E-state index contributed by atoms with van der Waals surface area (Å²) in [5.41, 5.74) is 13.4. The topological polar surface area (TPSA) is 163 Å². The fraction of sp³-hybridized carbons (Fsp3) is 0.0476. The molecule has 0 aliphatic heterocycles. The molecule has 0 unspecified atom stereocenters. The van der Waals surface area contributed by atoms with Crippen molar-refractivity contribution in [2.24, 2.45) is 10.2 Å². The largest absolute Gasteiger partial charge is 0.493 e. The van der Waals surface area contributed by atoms with Gasteiger partial charge >= 0.3 is 0 Å². The Morgan fingerprint density at radius 1 is 0.481 bits per heavy atom. The number of rotatable bonds is 20. The van der Waals surface area contributed by atoms with Crippen LogP contribution in [0.4, 0.5) is 10.3 Å². The molecule has 2 N–H and O–H groups in total. The number of anilines is 2. The highest BCUT2D eigenvalue weighted by atomic mass is 32.1. The number of hydrazone groups is 2. The summed E-state index contributed by atoms with van der Waals surface area (Å²) < 4.78 is 15.9. The zero-order chi connectivity index (χ0) is 53.3. The van der Waals surface area contributed by atoms with E-state index >= 15 is 0 Å². The van der Waals surface area contributed by atoms with E-state index in [0.717, 1.165) is 44.0 Å². The molecule has 4 aromatic heterocycles. The van der Waals surface area contributed by atoms with Crippen LogP contribution in [-0.2, 0) is 0 Å². The van der Waals surface area contributed by atoms with E-state index in [1.54, 1.807) is 34.2 Å². The minimum absolute atomic E-state index is 0.146. The molecule has 0 spiro atoms. The highest BCUT2D eigenvalue weighted by Crippen LogP contribution is 2.32. The predicted molar refractivity (Wildman–Crippen MR) is 315 cm³/mol. The Balaban J connectivity index is 0.660. The van der Waals surface area contributed by atoms with Crippen molar-refractivity contribution in [1.29, 1.82) is 0 Å². The van der Waals surface area contributed by atoms with Crippen LogP contribution < -0.4 is 20.3 Å². The highest BCUT2D eigenvalue weighted by molar-refractivity contribution is 7.14.